The fourth-order valence-electron chi connectivity index (χ4n) is 0.959. The SMILES string of the molecule is [CH2]C=CCOCc1cc(Br)ccc1F. The lowest BCUT2D eigenvalue weighted by Crippen LogP contribution is -1.96. The van der Waals surface area contributed by atoms with Crippen LogP contribution >= 0.6 is 15.9 Å². The number of allylic oxidation sites excluding steroid dienone is 1. The molecule has 0 atom stereocenters. The Morgan fingerprint density at radius 2 is 2.29 bits per heavy atom. The average molecular weight is 258 g/mol. The molecule has 0 saturated heterocycles. The molecule has 1 aromatic rings. The summed E-state index contributed by atoms with van der Waals surface area (Å²) < 4.78 is 19.2. The van der Waals surface area contributed by atoms with Crippen molar-refractivity contribution in [3.05, 3.63) is 53.1 Å². The zero-order valence-electron chi connectivity index (χ0n) is 7.67. The molecular weight excluding hydrogens is 247 g/mol. The summed E-state index contributed by atoms with van der Waals surface area (Å²) in [6, 6.07) is 4.79. The average Bonchev–Trinajstić information content (AvgIpc) is 2.18. The minimum Gasteiger partial charge on any atom is -0.373 e. The fourth-order valence-corrected chi connectivity index (χ4v) is 1.37. The molecule has 14 heavy (non-hydrogen) atoms. The van der Waals surface area contributed by atoms with E-state index in [9.17, 15) is 4.39 Å². The van der Waals surface area contributed by atoms with Crippen molar-refractivity contribution in [3.8, 4) is 0 Å². The quantitative estimate of drug-likeness (QED) is 0.751. The molecule has 0 aliphatic carbocycles. The molecule has 0 aliphatic rings. The zero-order chi connectivity index (χ0) is 10.4. The van der Waals surface area contributed by atoms with E-state index in [0.29, 0.717) is 12.2 Å². The van der Waals surface area contributed by atoms with Gasteiger partial charge in [0, 0.05) is 10.0 Å². The smallest absolute Gasteiger partial charge is 0.128 e. The van der Waals surface area contributed by atoms with Crippen molar-refractivity contribution in [1.29, 1.82) is 0 Å². The van der Waals surface area contributed by atoms with Gasteiger partial charge in [-0.2, -0.15) is 0 Å². The monoisotopic (exact) mass is 257 g/mol. The van der Waals surface area contributed by atoms with Crippen LogP contribution < -0.4 is 0 Å². The largest absolute Gasteiger partial charge is 0.373 e. The standard InChI is InChI=1S/C11H11BrFO/c1-2-3-6-14-8-9-7-10(12)4-5-11(9)13/h2-5,7H,1,6,8H2. The lowest BCUT2D eigenvalue weighted by molar-refractivity contribution is 0.146. The first kappa shape index (κ1) is 11.4. The van der Waals surface area contributed by atoms with Crippen LogP contribution in [0.25, 0.3) is 0 Å². The lowest BCUT2D eigenvalue weighted by Gasteiger charge is -2.03. The molecule has 3 heteroatoms. The number of hydrogen-bond donors (Lipinski definition) is 0. The van der Waals surface area contributed by atoms with Crippen LogP contribution in [-0.2, 0) is 11.3 Å². The summed E-state index contributed by atoms with van der Waals surface area (Å²) in [6.07, 6.45) is 3.42. The molecule has 1 nitrogen and oxygen atoms in total. The van der Waals surface area contributed by atoms with E-state index in [4.69, 9.17) is 4.74 Å². The second-order valence-corrected chi connectivity index (χ2v) is 3.64. The van der Waals surface area contributed by atoms with Gasteiger partial charge in [-0.15, -0.1) is 0 Å². The number of ether oxygens (including phenoxy) is 1. The van der Waals surface area contributed by atoms with Crippen LogP contribution in [0.4, 0.5) is 4.39 Å². The van der Waals surface area contributed by atoms with Gasteiger partial charge in [-0.25, -0.2) is 4.39 Å². The molecule has 0 aromatic heterocycles. The molecule has 1 aromatic carbocycles. The minimum atomic E-state index is -0.244. The van der Waals surface area contributed by atoms with Gasteiger partial charge in [-0.05, 0) is 25.1 Å². The third-order valence-electron chi connectivity index (χ3n) is 1.65. The molecule has 0 unspecified atom stereocenters. The van der Waals surface area contributed by atoms with Crippen LogP contribution in [0.1, 0.15) is 5.56 Å². The Labute approximate surface area is 91.7 Å². The van der Waals surface area contributed by atoms with Gasteiger partial charge in [0.2, 0.25) is 0 Å². The van der Waals surface area contributed by atoms with Gasteiger partial charge in [-0.1, -0.05) is 28.1 Å². The van der Waals surface area contributed by atoms with Crippen LogP contribution in [0.2, 0.25) is 0 Å². The molecule has 75 valence electrons. The highest BCUT2D eigenvalue weighted by Gasteiger charge is 2.01. The highest BCUT2D eigenvalue weighted by atomic mass is 79.9. The lowest BCUT2D eigenvalue weighted by atomic mass is 10.2. The molecule has 1 rings (SSSR count). The first-order valence-electron chi connectivity index (χ1n) is 4.20. The van der Waals surface area contributed by atoms with Crippen LogP contribution in [0.5, 0.6) is 0 Å². The van der Waals surface area contributed by atoms with Crippen LogP contribution in [0.3, 0.4) is 0 Å². The Morgan fingerprint density at radius 3 is 3.00 bits per heavy atom. The summed E-state index contributed by atoms with van der Waals surface area (Å²) in [5.74, 6) is -0.244. The molecule has 0 fully saturated rings. The first-order valence-corrected chi connectivity index (χ1v) is 4.99. The van der Waals surface area contributed by atoms with Crippen molar-refractivity contribution >= 4 is 15.9 Å². The van der Waals surface area contributed by atoms with Crippen LogP contribution in [0.15, 0.2) is 34.8 Å². The van der Waals surface area contributed by atoms with E-state index in [0.717, 1.165) is 4.47 Å². The van der Waals surface area contributed by atoms with Crippen molar-refractivity contribution in [1.82, 2.24) is 0 Å². The van der Waals surface area contributed by atoms with Crippen molar-refractivity contribution < 1.29 is 9.13 Å². The van der Waals surface area contributed by atoms with Crippen LogP contribution in [0, 0.1) is 12.7 Å². The Kier molecular flexibility index (Phi) is 4.84. The number of rotatable bonds is 4. The molecule has 0 saturated carbocycles. The van der Waals surface area contributed by atoms with Gasteiger partial charge in [-0.3, -0.25) is 0 Å². The van der Waals surface area contributed by atoms with Crippen molar-refractivity contribution in [3.63, 3.8) is 0 Å². The molecule has 0 heterocycles. The molecular formula is C11H11BrFO. The summed E-state index contributed by atoms with van der Waals surface area (Å²) in [4.78, 5) is 0. The normalized spacial score (nSPS) is 11.1. The second-order valence-electron chi connectivity index (χ2n) is 2.72. The Balaban J connectivity index is 2.53. The summed E-state index contributed by atoms with van der Waals surface area (Å²) in [7, 11) is 0. The van der Waals surface area contributed by atoms with Gasteiger partial charge in [0.15, 0.2) is 0 Å². The zero-order valence-corrected chi connectivity index (χ0v) is 9.26. The second kappa shape index (κ2) is 5.94. The maximum atomic E-state index is 13.1. The van der Waals surface area contributed by atoms with E-state index >= 15 is 0 Å². The first-order chi connectivity index (χ1) is 6.74. The summed E-state index contributed by atoms with van der Waals surface area (Å²) in [5, 5.41) is 0. The highest BCUT2D eigenvalue weighted by molar-refractivity contribution is 9.10. The third kappa shape index (κ3) is 3.60. The number of hydrogen-bond acceptors (Lipinski definition) is 1. The highest BCUT2D eigenvalue weighted by Crippen LogP contribution is 2.16. The maximum Gasteiger partial charge on any atom is 0.128 e. The Hall–Kier alpha value is -0.670. The van der Waals surface area contributed by atoms with E-state index in [-0.39, 0.29) is 12.4 Å². The third-order valence-corrected chi connectivity index (χ3v) is 2.14. The number of benzene rings is 1. The van der Waals surface area contributed by atoms with E-state index < -0.39 is 0 Å². The van der Waals surface area contributed by atoms with E-state index in [1.165, 1.54) is 6.07 Å². The van der Waals surface area contributed by atoms with Gasteiger partial charge in [0.25, 0.3) is 0 Å². The van der Waals surface area contributed by atoms with Crippen molar-refractivity contribution in [2.75, 3.05) is 6.61 Å². The van der Waals surface area contributed by atoms with Crippen molar-refractivity contribution in [2.45, 2.75) is 6.61 Å². The van der Waals surface area contributed by atoms with Gasteiger partial charge in [0.1, 0.15) is 5.82 Å². The predicted octanol–water partition coefficient (Wildman–Crippen LogP) is 3.50. The van der Waals surface area contributed by atoms with Gasteiger partial charge < -0.3 is 4.74 Å². The Morgan fingerprint density at radius 1 is 1.50 bits per heavy atom. The van der Waals surface area contributed by atoms with E-state index in [1.807, 2.05) is 0 Å². The topological polar surface area (TPSA) is 9.23 Å². The summed E-state index contributed by atoms with van der Waals surface area (Å²) >= 11 is 3.27. The van der Waals surface area contributed by atoms with Gasteiger partial charge in [0.05, 0.1) is 13.2 Å². The molecule has 0 amide bonds. The van der Waals surface area contributed by atoms with Crippen molar-refractivity contribution in [2.24, 2.45) is 0 Å². The van der Waals surface area contributed by atoms with Gasteiger partial charge >= 0.3 is 0 Å². The van der Waals surface area contributed by atoms with E-state index in [1.54, 1.807) is 24.3 Å². The predicted molar refractivity (Wildman–Crippen MR) is 58.3 cm³/mol. The summed E-state index contributed by atoms with van der Waals surface area (Å²) in [6.45, 7) is 4.25. The van der Waals surface area contributed by atoms with E-state index in [2.05, 4.69) is 22.9 Å². The number of halogens is 2. The minimum absolute atomic E-state index is 0.244. The summed E-state index contributed by atoms with van der Waals surface area (Å²) in [5.41, 5.74) is 0.553. The molecule has 1 radical (unpaired) electrons. The molecule has 0 aliphatic heterocycles. The Bertz CT molecular complexity index is 323. The fraction of sp³-hybridized carbons (Fsp3) is 0.182. The maximum absolute atomic E-state index is 13.1. The molecule has 0 N–H and O–H groups in total. The molecule has 0 bridgehead atoms. The van der Waals surface area contributed by atoms with Crippen LogP contribution in [-0.4, -0.2) is 6.61 Å². The molecule has 0 spiro atoms.